The molecule has 1 unspecified atom stereocenters. The van der Waals surface area contributed by atoms with Gasteiger partial charge in [-0.15, -0.1) is 16.7 Å². The van der Waals surface area contributed by atoms with Gasteiger partial charge in [0.05, 0.1) is 7.11 Å². The van der Waals surface area contributed by atoms with Gasteiger partial charge < -0.3 is 10.5 Å². The number of ether oxygens (including phenoxy) is 1. The molecule has 0 aliphatic heterocycles. The van der Waals surface area contributed by atoms with Crippen molar-refractivity contribution in [3.63, 3.8) is 0 Å². The molecule has 134 valence electrons. The van der Waals surface area contributed by atoms with Gasteiger partial charge >= 0.3 is 0 Å². The van der Waals surface area contributed by atoms with Crippen LogP contribution >= 0.6 is 11.6 Å². The predicted octanol–water partition coefficient (Wildman–Crippen LogP) is 3.80. The number of methoxy groups -OCH3 is 1. The fourth-order valence-electron chi connectivity index (χ4n) is 3.20. The normalized spacial score (nSPS) is 13.5. The van der Waals surface area contributed by atoms with Gasteiger partial charge in [0.2, 0.25) is 5.95 Å². The summed E-state index contributed by atoms with van der Waals surface area (Å²) in [4.78, 5) is 9.26. The number of rotatable bonds is 6. The van der Waals surface area contributed by atoms with E-state index < -0.39 is 0 Å². The zero-order valence-electron chi connectivity index (χ0n) is 15.1. The van der Waals surface area contributed by atoms with Crippen LogP contribution in [0.3, 0.4) is 0 Å². The first-order valence-electron chi connectivity index (χ1n) is 8.46. The highest BCUT2D eigenvalue weighted by molar-refractivity contribution is 6.18. The summed E-state index contributed by atoms with van der Waals surface area (Å²) in [6.45, 7) is 6.44. The molecule has 2 N–H and O–H groups in total. The highest BCUT2D eigenvalue weighted by Crippen LogP contribution is 2.33. The van der Waals surface area contributed by atoms with Crippen molar-refractivity contribution < 1.29 is 4.74 Å². The van der Waals surface area contributed by atoms with Crippen molar-refractivity contribution in [2.24, 2.45) is 5.92 Å². The Balaban J connectivity index is 2.17. The Hall–Kier alpha value is -2.08. The first-order chi connectivity index (χ1) is 11.9. The van der Waals surface area contributed by atoms with Crippen LogP contribution in [0, 0.1) is 5.92 Å². The molecule has 0 aliphatic rings. The zero-order chi connectivity index (χ0) is 18.2. The third-order valence-corrected chi connectivity index (χ3v) is 5.15. The number of halogens is 1. The summed E-state index contributed by atoms with van der Waals surface area (Å²) in [7, 11) is 1.62. The standard InChI is InChI=1S/C18H24ClN5O/c1-5-11(10-19)9-18(2,3)16-22-15-12-7-6-8-13(25-4)14(12)21-17(20)24(15)23-16/h6-8,11H,5,9-10H2,1-4H3,(H2,20,21). The van der Waals surface area contributed by atoms with E-state index >= 15 is 0 Å². The van der Waals surface area contributed by atoms with Gasteiger partial charge in [-0.1, -0.05) is 33.3 Å². The van der Waals surface area contributed by atoms with Gasteiger partial charge in [-0.3, -0.25) is 0 Å². The van der Waals surface area contributed by atoms with E-state index in [0.29, 0.717) is 34.7 Å². The van der Waals surface area contributed by atoms with Crippen molar-refractivity contribution in [2.75, 3.05) is 18.7 Å². The molecule has 2 aromatic heterocycles. The predicted molar refractivity (Wildman–Crippen MR) is 101 cm³/mol. The number of anilines is 1. The second kappa shape index (κ2) is 6.67. The largest absolute Gasteiger partial charge is 0.494 e. The van der Waals surface area contributed by atoms with E-state index in [-0.39, 0.29) is 5.41 Å². The Kier molecular flexibility index (Phi) is 4.73. The maximum Gasteiger partial charge on any atom is 0.223 e. The third kappa shape index (κ3) is 3.11. The first kappa shape index (κ1) is 17.7. The van der Waals surface area contributed by atoms with Crippen LogP contribution in [-0.4, -0.2) is 32.6 Å². The topological polar surface area (TPSA) is 78.3 Å². The monoisotopic (exact) mass is 361 g/mol. The number of fused-ring (bicyclic) bond motifs is 3. The molecular formula is C18H24ClN5O. The molecule has 0 bridgehead atoms. The van der Waals surface area contributed by atoms with Crippen LogP contribution < -0.4 is 10.5 Å². The van der Waals surface area contributed by atoms with E-state index in [4.69, 9.17) is 27.1 Å². The van der Waals surface area contributed by atoms with Gasteiger partial charge in [0, 0.05) is 16.7 Å². The Morgan fingerprint density at radius 1 is 1.32 bits per heavy atom. The molecule has 2 heterocycles. The van der Waals surface area contributed by atoms with Crippen molar-refractivity contribution in [1.29, 1.82) is 0 Å². The quantitative estimate of drug-likeness (QED) is 0.675. The van der Waals surface area contributed by atoms with Crippen LogP contribution in [0.25, 0.3) is 16.6 Å². The highest BCUT2D eigenvalue weighted by Gasteiger charge is 2.29. The number of nitrogen functional groups attached to an aromatic ring is 1. The minimum atomic E-state index is -0.209. The van der Waals surface area contributed by atoms with E-state index in [2.05, 4.69) is 30.9 Å². The molecule has 6 nitrogen and oxygen atoms in total. The lowest BCUT2D eigenvalue weighted by Gasteiger charge is -2.25. The molecule has 0 amide bonds. The molecule has 0 aliphatic carbocycles. The SMILES string of the molecule is CCC(CCl)CC(C)(C)c1nc2c3cccc(OC)c3nc(N)n2n1. The number of para-hydroxylation sites is 1. The smallest absolute Gasteiger partial charge is 0.223 e. The lowest BCUT2D eigenvalue weighted by molar-refractivity contribution is 0.360. The number of benzene rings is 1. The highest BCUT2D eigenvalue weighted by atomic mass is 35.5. The second-order valence-electron chi connectivity index (χ2n) is 7.01. The summed E-state index contributed by atoms with van der Waals surface area (Å²) in [6, 6.07) is 5.73. The van der Waals surface area contributed by atoms with Crippen molar-refractivity contribution >= 4 is 34.1 Å². The Labute approximate surface area is 152 Å². The minimum absolute atomic E-state index is 0.209. The number of aromatic nitrogens is 4. The summed E-state index contributed by atoms with van der Waals surface area (Å²) < 4.78 is 7.01. The van der Waals surface area contributed by atoms with E-state index in [1.54, 1.807) is 11.6 Å². The fraction of sp³-hybridized carbons (Fsp3) is 0.500. The van der Waals surface area contributed by atoms with Crippen LogP contribution in [0.15, 0.2) is 18.2 Å². The molecule has 0 fully saturated rings. The Morgan fingerprint density at radius 2 is 2.08 bits per heavy atom. The van der Waals surface area contributed by atoms with Crippen LogP contribution in [0.4, 0.5) is 5.95 Å². The lowest BCUT2D eigenvalue weighted by Crippen LogP contribution is -2.24. The van der Waals surface area contributed by atoms with Gasteiger partial charge in [-0.2, -0.15) is 4.52 Å². The molecule has 0 radical (unpaired) electrons. The molecule has 0 spiro atoms. The summed E-state index contributed by atoms with van der Waals surface area (Å²) in [5.74, 6) is 2.78. The average Bonchev–Trinajstić information content (AvgIpc) is 3.06. The number of nitrogens with zero attached hydrogens (tertiary/aromatic N) is 4. The van der Waals surface area contributed by atoms with E-state index in [9.17, 15) is 0 Å². The van der Waals surface area contributed by atoms with Gasteiger partial charge in [0.25, 0.3) is 0 Å². The zero-order valence-corrected chi connectivity index (χ0v) is 15.8. The van der Waals surface area contributed by atoms with Crippen LogP contribution in [0.5, 0.6) is 5.75 Å². The Morgan fingerprint density at radius 3 is 2.72 bits per heavy atom. The minimum Gasteiger partial charge on any atom is -0.494 e. The number of nitrogens with two attached hydrogens (primary N) is 1. The number of hydrogen-bond acceptors (Lipinski definition) is 5. The number of alkyl halides is 1. The van der Waals surface area contributed by atoms with Crippen molar-refractivity contribution in [3.8, 4) is 5.75 Å². The van der Waals surface area contributed by atoms with Gasteiger partial charge in [0.15, 0.2) is 11.5 Å². The van der Waals surface area contributed by atoms with Crippen molar-refractivity contribution in [1.82, 2.24) is 19.6 Å². The van der Waals surface area contributed by atoms with Gasteiger partial charge in [-0.25, -0.2) is 9.97 Å². The maximum absolute atomic E-state index is 6.13. The lowest BCUT2D eigenvalue weighted by atomic mass is 9.82. The first-order valence-corrected chi connectivity index (χ1v) is 9.00. The summed E-state index contributed by atoms with van der Waals surface area (Å²) >= 11 is 6.09. The molecule has 0 saturated heterocycles. The molecule has 1 atom stereocenters. The maximum atomic E-state index is 6.13. The van der Waals surface area contributed by atoms with Crippen LogP contribution in [0.2, 0.25) is 0 Å². The van der Waals surface area contributed by atoms with Gasteiger partial charge in [-0.05, 0) is 24.5 Å². The third-order valence-electron chi connectivity index (χ3n) is 4.71. The molecule has 25 heavy (non-hydrogen) atoms. The van der Waals surface area contributed by atoms with Gasteiger partial charge in [0.1, 0.15) is 11.3 Å². The Bertz CT molecular complexity index is 901. The fourth-order valence-corrected chi connectivity index (χ4v) is 3.53. The molecular weight excluding hydrogens is 338 g/mol. The van der Waals surface area contributed by atoms with Crippen LogP contribution in [0.1, 0.15) is 39.4 Å². The molecule has 7 heteroatoms. The van der Waals surface area contributed by atoms with E-state index in [1.165, 1.54) is 0 Å². The number of hydrogen-bond donors (Lipinski definition) is 1. The summed E-state index contributed by atoms with van der Waals surface area (Å²) in [5, 5.41) is 5.51. The second-order valence-corrected chi connectivity index (χ2v) is 7.32. The van der Waals surface area contributed by atoms with Crippen molar-refractivity contribution in [2.45, 2.75) is 39.0 Å². The molecule has 0 saturated carbocycles. The van der Waals surface area contributed by atoms with E-state index in [0.717, 1.165) is 24.1 Å². The average molecular weight is 362 g/mol. The molecule has 1 aromatic carbocycles. The summed E-state index contributed by atoms with van der Waals surface area (Å²) in [6.07, 6.45) is 1.95. The van der Waals surface area contributed by atoms with Crippen molar-refractivity contribution in [3.05, 3.63) is 24.0 Å². The van der Waals surface area contributed by atoms with Crippen LogP contribution in [-0.2, 0) is 5.41 Å². The summed E-state index contributed by atoms with van der Waals surface area (Å²) in [5.41, 5.74) is 7.31. The molecule has 3 aromatic rings. The van der Waals surface area contributed by atoms with E-state index in [1.807, 2.05) is 18.2 Å². The molecule has 3 rings (SSSR count).